The standard InChI is InChI=1S/C74H124O6/c1-4-7-10-13-16-19-22-24-26-28-29-30-31-32-33-34-35-36-37-38-39-40-41-42-43-44-45-47-48-50-52-55-58-61-64-67-73(76)79-70-71(69-78-72(75)66-63-60-57-54-21-18-15-12-9-6-3)80-74(77)68-65-62-59-56-53-51-49-46-27-25-23-20-17-14-11-8-5-2/h7,10,16-17,19-20,24-27,29-30,32-33,35-36,38-39,41-42,71H,4-6,8-9,11-15,18,21-23,28,31,34,37,40,43-70H2,1-3H3/b10-7-,19-16-,20-17-,26-24-,27-25-,30-29-,33-32-,36-35-,39-38-,42-41-. The Bertz CT molecular complexity index is 1650. The molecule has 0 aliphatic rings. The molecule has 0 saturated carbocycles. The first-order chi connectivity index (χ1) is 39.5. The lowest BCUT2D eigenvalue weighted by Crippen LogP contribution is -2.30. The van der Waals surface area contributed by atoms with Gasteiger partial charge in [-0.2, -0.15) is 0 Å². The zero-order chi connectivity index (χ0) is 57.8. The Balaban J connectivity index is 4.18. The smallest absolute Gasteiger partial charge is 0.306 e. The minimum Gasteiger partial charge on any atom is -0.462 e. The van der Waals surface area contributed by atoms with E-state index in [-0.39, 0.29) is 31.1 Å². The third kappa shape index (κ3) is 64.6. The Labute approximate surface area is 494 Å². The molecule has 0 aliphatic carbocycles. The lowest BCUT2D eigenvalue weighted by atomic mass is 10.1. The van der Waals surface area contributed by atoms with Gasteiger partial charge in [-0.15, -0.1) is 0 Å². The van der Waals surface area contributed by atoms with E-state index in [1.807, 2.05) is 0 Å². The van der Waals surface area contributed by atoms with Gasteiger partial charge < -0.3 is 14.2 Å². The summed E-state index contributed by atoms with van der Waals surface area (Å²) in [6.07, 6.45) is 93.6. The largest absolute Gasteiger partial charge is 0.462 e. The molecule has 0 radical (unpaired) electrons. The van der Waals surface area contributed by atoms with Crippen molar-refractivity contribution in [2.45, 2.75) is 316 Å². The maximum absolute atomic E-state index is 12.9. The number of esters is 3. The average Bonchev–Trinajstić information content (AvgIpc) is 3.46. The number of hydrogen-bond donors (Lipinski definition) is 0. The van der Waals surface area contributed by atoms with E-state index < -0.39 is 6.10 Å². The Kier molecular flexibility index (Phi) is 63.8. The third-order valence-corrected chi connectivity index (χ3v) is 14.2. The fourth-order valence-corrected chi connectivity index (χ4v) is 9.20. The van der Waals surface area contributed by atoms with Gasteiger partial charge in [-0.25, -0.2) is 0 Å². The second-order valence-corrected chi connectivity index (χ2v) is 22.0. The number of carbonyl (C=O) groups is 3. The van der Waals surface area contributed by atoms with Crippen LogP contribution < -0.4 is 0 Å². The van der Waals surface area contributed by atoms with Crippen LogP contribution >= 0.6 is 0 Å². The SMILES string of the molecule is CC/C=C\C/C=C\C/C=C\C/C=C\C/C=C\C/C=C\C/C=C\C/C=C\CCCCCCCCCCCCC(=O)OCC(COC(=O)CCCCCCCCCCCC)OC(=O)CCCCCCCCC/C=C\C/C=C\CCCCC. The van der Waals surface area contributed by atoms with Gasteiger partial charge >= 0.3 is 17.9 Å². The molecule has 0 aromatic carbocycles. The van der Waals surface area contributed by atoms with Crippen molar-refractivity contribution in [2.75, 3.05) is 13.2 Å². The Morgan fingerprint density at radius 1 is 0.263 bits per heavy atom. The molecule has 456 valence electrons. The maximum Gasteiger partial charge on any atom is 0.306 e. The van der Waals surface area contributed by atoms with Gasteiger partial charge in [-0.3, -0.25) is 14.4 Å². The van der Waals surface area contributed by atoms with Crippen molar-refractivity contribution >= 4 is 17.9 Å². The van der Waals surface area contributed by atoms with E-state index in [4.69, 9.17) is 14.2 Å². The highest BCUT2D eigenvalue weighted by Crippen LogP contribution is 2.16. The van der Waals surface area contributed by atoms with Crippen LogP contribution in [0.3, 0.4) is 0 Å². The number of hydrogen-bond acceptors (Lipinski definition) is 6. The summed E-state index contributed by atoms with van der Waals surface area (Å²) in [5.74, 6) is -0.888. The highest BCUT2D eigenvalue weighted by molar-refractivity contribution is 5.71. The van der Waals surface area contributed by atoms with Crippen molar-refractivity contribution in [1.82, 2.24) is 0 Å². The lowest BCUT2D eigenvalue weighted by Gasteiger charge is -2.18. The van der Waals surface area contributed by atoms with Gasteiger partial charge in [0.05, 0.1) is 0 Å². The van der Waals surface area contributed by atoms with Gasteiger partial charge in [0.2, 0.25) is 0 Å². The molecule has 0 bridgehead atoms. The Morgan fingerprint density at radius 2 is 0.487 bits per heavy atom. The zero-order valence-corrected chi connectivity index (χ0v) is 52.3. The first kappa shape index (κ1) is 75.8. The van der Waals surface area contributed by atoms with Crippen molar-refractivity contribution in [3.05, 3.63) is 122 Å². The molecule has 1 unspecified atom stereocenters. The van der Waals surface area contributed by atoms with E-state index in [0.29, 0.717) is 19.3 Å². The molecule has 0 rings (SSSR count). The normalized spacial score (nSPS) is 12.9. The van der Waals surface area contributed by atoms with Gasteiger partial charge in [0.25, 0.3) is 0 Å². The molecule has 0 heterocycles. The van der Waals surface area contributed by atoms with Crippen LogP contribution in [0.1, 0.15) is 310 Å². The second-order valence-electron chi connectivity index (χ2n) is 22.0. The van der Waals surface area contributed by atoms with Crippen LogP contribution in [0.2, 0.25) is 0 Å². The molecule has 0 aliphatic heterocycles. The topological polar surface area (TPSA) is 78.9 Å². The third-order valence-electron chi connectivity index (χ3n) is 14.2. The van der Waals surface area contributed by atoms with Gasteiger partial charge in [-0.05, 0) is 116 Å². The maximum atomic E-state index is 12.9. The predicted molar refractivity (Wildman–Crippen MR) is 348 cm³/mol. The van der Waals surface area contributed by atoms with Crippen LogP contribution in [0.15, 0.2) is 122 Å². The van der Waals surface area contributed by atoms with Crippen LogP contribution in [0, 0.1) is 0 Å². The van der Waals surface area contributed by atoms with Gasteiger partial charge in [-0.1, -0.05) is 296 Å². The molecular weight excluding hydrogens is 985 g/mol. The van der Waals surface area contributed by atoms with Crippen molar-refractivity contribution in [3.63, 3.8) is 0 Å². The van der Waals surface area contributed by atoms with E-state index in [9.17, 15) is 14.4 Å². The van der Waals surface area contributed by atoms with E-state index in [2.05, 4.69) is 142 Å². The van der Waals surface area contributed by atoms with E-state index in [1.165, 1.54) is 148 Å². The fourth-order valence-electron chi connectivity index (χ4n) is 9.20. The van der Waals surface area contributed by atoms with Crippen molar-refractivity contribution < 1.29 is 28.6 Å². The van der Waals surface area contributed by atoms with E-state index in [1.54, 1.807) is 0 Å². The quantitative estimate of drug-likeness (QED) is 0.0261. The monoisotopic (exact) mass is 1110 g/mol. The molecule has 80 heavy (non-hydrogen) atoms. The summed E-state index contributed by atoms with van der Waals surface area (Å²) < 4.78 is 16.9. The summed E-state index contributed by atoms with van der Waals surface area (Å²) >= 11 is 0. The van der Waals surface area contributed by atoms with Crippen LogP contribution in [0.5, 0.6) is 0 Å². The van der Waals surface area contributed by atoms with Crippen LogP contribution in [-0.2, 0) is 28.6 Å². The number of ether oxygens (including phenoxy) is 3. The van der Waals surface area contributed by atoms with Crippen LogP contribution in [-0.4, -0.2) is 37.2 Å². The molecule has 0 spiro atoms. The number of allylic oxidation sites excluding steroid dienone is 20. The molecule has 0 aromatic heterocycles. The number of carbonyl (C=O) groups excluding carboxylic acids is 3. The Morgan fingerprint density at radius 3 is 0.787 bits per heavy atom. The van der Waals surface area contributed by atoms with Gasteiger partial charge in [0.1, 0.15) is 13.2 Å². The predicted octanol–water partition coefficient (Wildman–Crippen LogP) is 23.2. The van der Waals surface area contributed by atoms with E-state index in [0.717, 1.165) is 122 Å². The molecule has 0 fully saturated rings. The molecule has 0 amide bonds. The fraction of sp³-hybridized carbons (Fsp3) is 0.689. The highest BCUT2D eigenvalue weighted by atomic mass is 16.6. The molecular formula is C74H124O6. The van der Waals surface area contributed by atoms with Gasteiger partial charge in [0.15, 0.2) is 6.10 Å². The lowest BCUT2D eigenvalue weighted by molar-refractivity contribution is -0.167. The molecule has 0 saturated heterocycles. The summed E-state index contributed by atoms with van der Waals surface area (Å²) in [6, 6.07) is 0. The second kappa shape index (κ2) is 67.3. The minimum atomic E-state index is -0.784. The van der Waals surface area contributed by atoms with Crippen LogP contribution in [0.25, 0.3) is 0 Å². The number of unbranched alkanes of at least 4 members (excludes halogenated alkanes) is 29. The molecule has 1 atom stereocenters. The molecule has 6 nitrogen and oxygen atoms in total. The summed E-state index contributed by atoms with van der Waals surface area (Å²) in [6.45, 7) is 6.49. The summed E-state index contributed by atoms with van der Waals surface area (Å²) in [7, 11) is 0. The van der Waals surface area contributed by atoms with Crippen molar-refractivity contribution in [1.29, 1.82) is 0 Å². The average molecular weight is 1110 g/mol. The van der Waals surface area contributed by atoms with Crippen LogP contribution in [0.4, 0.5) is 0 Å². The Hall–Kier alpha value is -4.19. The van der Waals surface area contributed by atoms with E-state index >= 15 is 0 Å². The molecule has 0 N–H and O–H groups in total. The number of rotatable bonds is 60. The molecule has 0 aromatic rings. The zero-order valence-electron chi connectivity index (χ0n) is 52.3. The summed E-state index contributed by atoms with van der Waals surface area (Å²) in [4.78, 5) is 38.2. The molecule has 6 heteroatoms. The first-order valence-corrected chi connectivity index (χ1v) is 33.5. The summed E-state index contributed by atoms with van der Waals surface area (Å²) in [5, 5.41) is 0. The highest BCUT2D eigenvalue weighted by Gasteiger charge is 2.19. The summed E-state index contributed by atoms with van der Waals surface area (Å²) in [5.41, 5.74) is 0. The van der Waals surface area contributed by atoms with Crippen molar-refractivity contribution in [3.8, 4) is 0 Å². The first-order valence-electron chi connectivity index (χ1n) is 33.5. The minimum absolute atomic E-state index is 0.0806. The van der Waals surface area contributed by atoms with Gasteiger partial charge in [0, 0.05) is 19.3 Å². The van der Waals surface area contributed by atoms with Crippen molar-refractivity contribution in [2.24, 2.45) is 0 Å².